The zero-order chi connectivity index (χ0) is 28.7. The molecule has 0 spiro atoms. The molecular formula is C28H35F2NO8. The number of carbonyl (C=O) groups excluding carboxylic acids is 2. The molecule has 3 aliphatic carbocycles. The first-order valence-corrected chi connectivity index (χ1v) is 13.1. The van der Waals surface area contributed by atoms with Crippen LogP contribution >= 0.6 is 0 Å². The van der Waals surface area contributed by atoms with Gasteiger partial charge in [0.05, 0.1) is 12.7 Å². The zero-order valence-electron chi connectivity index (χ0n) is 22.2. The van der Waals surface area contributed by atoms with Crippen molar-refractivity contribution in [1.29, 1.82) is 0 Å². The highest BCUT2D eigenvalue weighted by molar-refractivity contribution is 5.91. The third kappa shape index (κ3) is 5.51. The number of alkyl halides is 1. The van der Waals surface area contributed by atoms with E-state index in [1.165, 1.54) is 31.2 Å². The van der Waals surface area contributed by atoms with Gasteiger partial charge in [0.2, 0.25) is 12.0 Å². The van der Waals surface area contributed by atoms with Gasteiger partial charge in [-0.1, -0.05) is 31.2 Å². The van der Waals surface area contributed by atoms with E-state index in [4.69, 9.17) is 24.7 Å². The van der Waals surface area contributed by atoms with Crippen molar-refractivity contribution in [3.63, 3.8) is 0 Å². The lowest BCUT2D eigenvalue weighted by atomic mass is 9.78. The minimum atomic E-state index is -2.71. The molecule has 0 aromatic heterocycles. The van der Waals surface area contributed by atoms with Crippen LogP contribution in [0.3, 0.4) is 0 Å². The number of carboxylic acid groups (broad SMARTS) is 1. The predicted octanol–water partition coefficient (Wildman–Crippen LogP) is 4.27. The molecule has 39 heavy (non-hydrogen) atoms. The maximum Gasteiger partial charge on any atom is 0.511 e. The number of halogens is 2. The van der Waals surface area contributed by atoms with Gasteiger partial charge in [0.25, 0.3) is 0 Å². The van der Waals surface area contributed by atoms with Gasteiger partial charge in [-0.15, -0.1) is 0 Å². The number of carbonyl (C=O) groups is 3. The quantitative estimate of drug-likeness (QED) is 0.262. The molecule has 9 nitrogen and oxygen atoms in total. The monoisotopic (exact) mass is 551 g/mol. The Labute approximate surface area is 225 Å². The molecule has 1 aromatic carbocycles. The molecule has 9 atom stereocenters. The smallest absolute Gasteiger partial charge is 0.479 e. The Bertz CT molecular complexity index is 1130. The van der Waals surface area contributed by atoms with Crippen LogP contribution in [0.2, 0.25) is 0 Å². The normalized spacial score (nSPS) is 35.8. The number of benzene rings is 1. The largest absolute Gasteiger partial charge is 0.511 e. The zero-order valence-corrected chi connectivity index (χ0v) is 22.2. The number of carboxylic acids is 1. The summed E-state index contributed by atoms with van der Waals surface area (Å²) in [5, 5.41) is 9.44. The van der Waals surface area contributed by atoms with Gasteiger partial charge >= 0.3 is 18.1 Å². The molecule has 0 saturated heterocycles. The van der Waals surface area contributed by atoms with Crippen molar-refractivity contribution in [2.45, 2.75) is 82.8 Å². The molecule has 0 bridgehead atoms. The number of ether oxygens (including phenoxy) is 4. The first-order valence-electron chi connectivity index (χ1n) is 13.1. The van der Waals surface area contributed by atoms with Crippen LogP contribution in [0, 0.1) is 29.5 Å². The first-order chi connectivity index (χ1) is 18.3. The van der Waals surface area contributed by atoms with E-state index < -0.39 is 65.5 Å². The van der Waals surface area contributed by atoms with Crippen LogP contribution in [0.5, 0.6) is 0 Å². The summed E-state index contributed by atoms with van der Waals surface area (Å²) in [6.45, 7) is 9.10. The van der Waals surface area contributed by atoms with Crippen LogP contribution in [0.25, 0.3) is 0 Å². The number of fused-ring (bicyclic) bond motifs is 1. The summed E-state index contributed by atoms with van der Waals surface area (Å²) in [6.07, 6.45) is -1.72. The lowest BCUT2D eigenvalue weighted by Crippen LogP contribution is -2.61. The Morgan fingerprint density at radius 3 is 2.46 bits per heavy atom. The predicted molar refractivity (Wildman–Crippen MR) is 133 cm³/mol. The average Bonchev–Trinajstić information content (AvgIpc) is 3.33. The van der Waals surface area contributed by atoms with Crippen LogP contribution in [-0.4, -0.2) is 52.9 Å². The van der Waals surface area contributed by atoms with Crippen molar-refractivity contribution in [2.24, 2.45) is 29.4 Å². The fourth-order valence-corrected chi connectivity index (χ4v) is 6.16. The second kappa shape index (κ2) is 10.8. The summed E-state index contributed by atoms with van der Waals surface area (Å²) < 4.78 is 50.2. The summed E-state index contributed by atoms with van der Waals surface area (Å²) in [5.74, 6) is -5.45. The standard InChI is InChI=1S/C28H35F2NO8/c1-14(2)19-10-5-15(3)11-21(19)39-26(35)38-16(4)37-25(34)28(31)22(12-20-23(28)27(20,30)24(32)33)36-13-17-6-8-18(29)9-7-17/h6-9,15-16,19-23H,1,5,10-13,31H2,2-4H3,(H,32,33)/t15-,16-,19+,20-,21-,22-,23+,27-,28+/m1/s1. The van der Waals surface area contributed by atoms with E-state index in [-0.39, 0.29) is 18.9 Å². The molecule has 3 aliphatic rings. The van der Waals surface area contributed by atoms with E-state index in [2.05, 4.69) is 13.5 Å². The van der Waals surface area contributed by atoms with Gasteiger partial charge in [-0.05, 0) is 56.2 Å². The lowest BCUT2D eigenvalue weighted by Gasteiger charge is -2.35. The minimum absolute atomic E-state index is 0.0167. The lowest BCUT2D eigenvalue weighted by molar-refractivity contribution is -0.183. The highest BCUT2D eigenvalue weighted by Gasteiger charge is 2.85. The third-order valence-electron chi connectivity index (χ3n) is 8.32. The van der Waals surface area contributed by atoms with Crippen molar-refractivity contribution in [2.75, 3.05) is 0 Å². The number of hydrogen-bond acceptors (Lipinski definition) is 8. The van der Waals surface area contributed by atoms with Crippen LogP contribution < -0.4 is 5.73 Å². The number of esters is 1. The SMILES string of the molecule is C=C(C)[C@@H]1CC[C@@H](C)C[C@H]1OC(=O)O[C@H](C)OC(=O)[C@@]1(N)[C@H]2[C@@H](C[C@H]1OCc1ccc(F)cc1)[C@]2(F)C(=O)O. The van der Waals surface area contributed by atoms with Crippen LogP contribution in [-0.2, 0) is 35.1 Å². The average molecular weight is 552 g/mol. The molecular weight excluding hydrogens is 516 g/mol. The van der Waals surface area contributed by atoms with Gasteiger partial charge in [0.1, 0.15) is 17.5 Å². The minimum Gasteiger partial charge on any atom is -0.479 e. The molecule has 3 N–H and O–H groups in total. The van der Waals surface area contributed by atoms with Gasteiger partial charge < -0.3 is 29.8 Å². The molecule has 0 radical (unpaired) electrons. The summed E-state index contributed by atoms with van der Waals surface area (Å²) in [7, 11) is 0. The van der Waals surface area contributed by atoms with Crippen molar-refractivity contribution in [3.8, 4) is 0 Å². The van der Waals surface area contributed by atoms with Gasteiger partial charge in [0.15, 0.2) is 0 Å². The van der Waals surface area contributed by atoms with Gasteiger partial charge in [-0.25, -0.2) is 23.2 Å². The second-order valence-corrected chi connectivity index (χ2v) is 11.1. The van der Waals surface area contributed by atoms with Crippen molar-refractivity contribution < 1.29 is 47.2 Å². The Morgan fingerprint density at radius 1 is 1.18 bits per heavy atom. The molecule has 3 fully saturated rings. The van der Waals surface area contributed by atoms with Crippen LogP contribution in [0.1, 0.15) is 52.0 Å². The molecule has 11 heteroatoms. The van der Waals surface area contributed by atoms with E-state index in [1.807, 2.05) is 6.92 Å². The molecule has 4 rings (SSSR count). The van der Waals surface area contributed by atoms with Gasteiger partial charge in [0, 0.05) is 24.7 Å². The Kier molecular flexibility index (Phi) is 8.05. The number of hydrogen-bond donors (Lipinski definition) is 2. The highest BCUT2D eigenvalue weighted by Crippen LogP contribution is 2.67. The van der Waals surface area contributed by atoms with Crippen LogP contribution in [0.15, 0.2) is 36.4 Å². The topological polar surface area (TPSA) is 134 Å². The van der Waals surface area contributed by atoms with Crippen molar-refractivity contribution in [1.82, 2.24) is 0 Å². The Hall–Kier alpha value is -3.05. The maximum atomic E-state index is 15.2. The number of nitrogens with two attached hydrogens (primary N) is 1. The van der Waals surface area contributed by atoms with Crippen LogP contribution in [0.4, 0.5) is 13.6 Å². The van der Waals surface area contributed by atoms with Gasteiger partial charge in [-0.3, -0.25) is 0 Å². The molecule has 0 amide bonds. The van der Waals surface area contributed by atoms with E-state index in [9.17, 15) is 23.9 Å². The van der Waals surface area contributed by atoms with Gasteiger partial charge in [-0.2, -0.15) is 0 Å². The van der Waals surface area contributed by atoms with E-state index >= 15 is 4.39 Å². The Balaban J connectivity index is 1.41. The summed E-state index contributed by atoms with van der Waals surface area (Å²) in [5.41, 5.74) is 2.98. The second-order valence-electron chi connectivity index (χ2n) is 11.1. The third-order valence-corrected chi connectivity index (χ3v) is 8.32. The summed E-state index contributed by atoms with van der Waals surface area (Å²) >= 11 is 0. The van der Waals surface area contributed by atoms with Crippen molar-refractivity contribution in [3.05, 3.63) is 47.8 Å². The Morgan fingerprint density at radius 2 is 1.85 bits per heavy atom. The van der Waals surface area contributed by atoms with E-state index in [0.29, 0.717) is 17.9 Å². The summed E-state index contributed by atoms with van der Waals surface area (Å²) in [4.78, 5) is 37.4. The fraction of sp³-hybridized carbons (Fsp3) is 0.607. The molecule has 214 valence electrons. The molecule has 3 saturated carbocycles. The first kappa shape index (κ1) is 28.9. The summed E-state index contributed by atoms with van der Waals surface area (Å²) in [6, 6.07) is 5.42. The molecule has 0 heterocycles. The van der Waals surface area contributed by atoms with Crippen molar-refractivity contribution >= 4 is 18.1 Å². The number of rotatable bonds is 9. The molecule has 0 aliphatic heterocycles. The van der Waals surface area contributed by atoms with E-state index in [1.54, 1.807) is 0 Å². The molecule has 1 aromatic rings. The fourth-order valence-electron chi connectivity index (χ4n) is 6.16. The number of aliphatic carboxylic acids is 1. The maximum absolute atomic E-state index is 15.2. The van der Waals surface area contributed by atoms with E-state index in [0.717, 1.165) is 18.4 Å². The highest BCUT2D eigenvalue weighted by atomic mass is 19.1. The molecule has 0 unspecified atom stereocenters.